The maximum absolute atomic E-state index is 12.9. The van der Waals surface area contributed by atoms with E-state index >= 15 is 0 Å². The molecule has 1 atom stereocenters. The van der Waals surface area contributed by atoms with Crippen molar-refractivity contribution < 1.29 is 28.6 Å². The molecule has 6 heteroatoms. The zero-order valence-electron chi connectivity index (χ0n) is 52.3. The largest absolute Gasteiger partial charge is 0.462 e. The van der Waals surface area contributed by atoms with Crippen molar-refractivity contribution in [3.63, 3.8) is 0 Å². The molecule has 6 nitrogen and oxygen atoms in total. The summed E-state index contributed by atoms with van der Waals surface area (Å²) in [6, 6.07) is 0. The number of rotatable bonds is 60. The summed E-state index contributed by atoms with van der Waals surface area (Å²) in [5.74, 6) is -0.912. The van der Waals surface area contributed by atoms with Crippen molar-refractivity contribution in [2.45, 2.75) is 316 Å². The van der Waals surface area contributed by atoms with Crippen LogP contribution in [-0.4, -0.2) is 37.2 Å². The van der Waals surface area contributed by atoms with Crippen LogP contribution in [-0.2, 0) is 28.6 Å². The maximum Gasteiger partial charge on any atom is 0.306 e. The third-order valence-corrected chi connectivity index (χ3v) is 14.2. The lowest BCUT2D eigenvalue weighted by Gasteiger charge is -2.18. The van der Waals surface area contributed by atoms with Crippen molar-refractivity contribution >= 4 is 17.9 Å². The van der Waals surface area contributed by atoms with E-state index in [2.05, 4.69) is 142 Å². The molecule has 0 bridgehead atoms. The molecule has 0 aliphatic rings. The Morgan fingerprint density at radius 1 is 0.263 bits per heavy atom. The molecule has 0 amide bonds. The van der Waals surface area contributed by atoms with Gasteiger partial charge in [-0.15, -0.1) is 0 Å². The Morgan fingerprint density at radius 3 is 0.762 bits per heavy atom. The molecule has 0 fully saturated rings. The average Bonchev–Trinajstić information content (AvgIpc) is 3.46. The van der Waals surface area contributed by atoms with E-state index in [4.69, 9.17) is 14.2 Å². The summed E-state index contributed by atoms with van der Waals surface area (Å²) in [6.45, 7) is 6.48. The van der Waals surface area contributed by atoms with Gasteiger partial charge in [0.2, 0.25) is 0 Å². The summed E-state index contributed by atoms with van der Waals surface area (Å²) in [5.41, 5.74) is 0. The molecule has 0 aromatic carbocycles. The summed E-state index contributed by atoms with van der Waals surface area (Å²) in [5, 5.41) is 0. The van der Waals surface area contributed by atoms with Gasteiger partial charge in [0, 0.05) is 19.3 Å². The second kappa shape index (κ2) is 67.3. The maximum atomic E-state index is 12.9. The van der Waals surface area contributed by atoms with E-state index in [1.165, 1.54) is 141 Å². The Hall–Kier alpha value is -4.19. The minimum absolute atomic E-state index is 0.0864. The fraction of sp³-hybridized carbons (Fsp3) is 0.689. The molecule has 0 spiro atoms. The normalized spacial score (nSPS) is 12.9. The number of allylic oxidation sites excluding steroid dienone is 20. The van der Waals surface area contributed by atoms with Gasteiger partial charge in [-0.1, -0.05) is 296 Å². The number of carbonyl (C=O) groups excluding carboxylic acids is 3. The van der Waals surface area contributed by atoms with Gasteiger partial charge in [0.1, 0.15) is 13.2 Å². The van der Waals surface area contributed by atoms with E-state index in [1.54, 1.807) is 0 Å². The van der Waals surface area contributed by atoms with Gasteiger partial charge < -0.3 is 14.2 Å². The van der Waals surface area contributed by atoms with Gasteiger partial charge in [-0.2, -0.15) is 0 Å². The minimum atomic E-state index is -0.790. The Balaban J connectivity index is 4.24. The molecule has 0 N–H and O–H groups in total. The second-order valence-corrected chi connectivity index (χ2v) is 22.0. The molecule has 0 aromatic heterocycles. The Kier molecular flexibility index (Phi) is 63.8. The smallest absolute Gasteiger partial charge is 0.306 e. The molecule has 0 saturated carbocycles. The summed E-state index contributed by atoms with van der Waals surface area (Å²) in [6.07, 6.45) is 93.7. The van der Waals surface area contributed by atoms with Crippen LogP contribution in [0.4, 0.5) is 0 Å². The lowest BCUT2D eigenvalue weighted by molar-refractivity contribution is -0.167. The van der Waals surface area contributed by atoms with Crippen molar-refractivity contribution in [1.82, 2.24) is 0 Å². The molecule has 0 aromatic rings. The van der Waals surface area contributed by atoms with Crippen LogP contribution in [0, 0.1) is 0 Å². The average molecular weight is 1110 g/mol. The second-order valence-electron chi connectivity index (χ2n) is 22.0. The van der Waals surface area contributed by atoms with E-state index in [-0.39, 0.29) is 31.1 Å². The monoisotopic (exact) mass is 1110 g/mol. The van der Waals surface area contributed by atoms with Gasteiger partial charge in [0.15, 0.2) is 6.10 Å². The summed E-state index contributed by atoms with van der Waals surface area (Å²) in [4.78, 5) is 38.2. The predicted octanol–water partition coefficient (Wildman–Crippen LogP) is 23.2. The van der Waals surface area contributed by atoms with Crippen LogP contribution < -0.4 is 0 Å². The van der Waals surface area contributed by atoms with Crippen molar-refractivity contribution in [2.75, 3.05) is 13.2 Å². The zero-order valence-corrected chi connectivity index (χ0v) is 52.3. The lowest BCUT2D eigenvalue weighted by Crippen LogP contribution is -2.30. The number of ether oxygens (including phenoxy) is 3. The lowest BCUT2D eigenvalue weighted by atomic mass is 10.0. The fourth-order valence-corrected chi connectivity index (χ4v) is 9.20. The fourth-order valence-electron chi connectivity index (χ4n) is 9.20. The number of esters is 3. The first kappa shape index (κ1) is 75.8. The number of carbonyl (C=O) groups is 3. The summed E-state index contributed by atoms with van der Waals surface area (Å²) in [7, 11) is 0. The molecule has 1 unspecified atom stereocenters. The van der Waals surface area contributed by atoms with Crippen LogP contribution in [0.25, 0.3) is 0 Å². The van der Waals surface area contributed by atoms with Crippen molar-refractivity contribution in [1.29, 1.82) is 0 Å². The van der Waals surface area contributed by atoms with Crippen LogP contribution in [0.2, 0.25) is 0 Å². The van der Waals surface area contributed by atoms with Crippen LogP contribution in [0.3, 0.4) is 0 Å². The highest BCUT2D eigenvalue weighted by molar-refractivity contribution is 5.71. The zero-order chi connectivity index (χ0) is 57.8. The van der Waals surface area contributed by atoms with E-state index in [0.29, 0.717) is 19.3 Å². The van der Waals surface area contributed by atoms with Crippen LogP contribution in [0.1, 0.15) is 310 Å². The highest BCUT2D eigenvalue weighted by Crippen LogP contribution is 2.16. The van der Waals surface area contributed by atoms with Gasteiger partial charge in [-0.05, 0) is 116 Å². The van der Waals surface area contributed by atoms with E-state index < -0.39 is 6.10 Å². The molecule has 0 heterocycles. The topological polar surface area (TPSA) is 78.9 Å². The van der Waals surface area contributed by atoms with Gasteiger partial charge >= 0.3 is 17.9 Å². The van der Waals surface area contributed by atoms with Crippen molar-refractivity contribution in [3.05, 3.63) is 122 Å². The molecule has 0 saturated heterocycles. The summed E-state index contributed by atoms with van der Waals surface area (Å²) < 4.78 is 16.9. The van der Waals surface area contributed by atoms with Gasteiger partial charge in [-0.3, -0.25) is 14.4 Å². The van der Waals surface area contributed by atoms with Crippen molar-refractivity contribution in [3.8, 4) is 0 Å². The first-order valence-electron chi connectivity index (χ1n) is 33.5. The first-order chi connectivity index (χ1) is 39.5. The van der Waals surface area contributed by atoms with Gasteiger partial charge in [0.25, 0.3) is 0 Å². The summed E-state index contributed by atoms with van der Waals surface area (Å²) >= 11 is 0. The Labute approximate surface area is 494 Å². The Morgan fingerprint density at radius 2 is 0.487 bits per heavy atom. The van der Waals surface area contributed by atoms with E-state index in [9.17, 15) is 14.4 Å². The number of hydrogen-bond donors (Lipinski definition) is 0. The predicted molar refractivity (Wildman–Crippen MR) is 348 cm³/mol. The molecule has 0 rings (SSSR count). The van der Waals surface area contributed by atoms with E-state index in [0.717, 1.165) is 128 Å². The van der Waals surface area contributed by atoms with Gasteiger partial charge in [0.05, 0.1) is 0 Å². The highest BCUT2D eigenvalue weighted by atomic mass is 16.6. The van der Waals surface area contributed by atoms with Crippen LogP contribution >= 0.6 is 0 Å². The minimum Gasteiger partial charge on any atom is -0.462 e. The third-order valence-electron chi connectivity index (χ3n) is 14.2. The van der Waals surface area contributed by atoms with Crippen LogP contribution in [0.5, 0.6) is 0 Å². The van der Waals surface area contributed by atoms with Crippen molar-refractivity contribution in [2.24, 2.45) is 0 Å². The molecule has 80 heavy (non-hydrogen) atoms. The molecular formula is C74H124O6. The molecule has 0 aliphatic carbocycles. The highest BCUT2D eigenvalue weighted by Gasteiger charge is 2.19. The van der Waals surface area contributed by atoms with Crippen LogP contribution in [0.15, 0.2) is 122 Å². The number of hydrogen-bond acceptors (Lipinski definition) is 6. The molecule has 0 radical (unpaired) electrons. The quantitative estimate of drug-likeness (QED) is 0.0261. The molecule has 0 aliphatic heterocycles. The van der Waals surface area contributed by atoms with E-state index in [1.807, 2.05) is 0 Å². The first-order valence-corrected chi connectivity index (χ1v) is 33.5. The van der Waals surface area contributed by atoms with Gasteiger partial charge in [-0.25, -0.2) is 0 Å². The molecular weight excluding hydrogens is 985 g/mol. The number of unbranched alkanes of at least 4 members (excludes halogenated alkanes) is 29. The standard InChI is InChI=1S/C74H124O6/c1-4-7-10-13-16-19-21-23-25-27-29-31-33-35-36-37-38-40-41-43-45-47-49-51-53-55-58-61-64-67-73(76)79-70-71(69-78-72(75)66-63-60-57-18-15-12-9-6-3)80-74(77)68-65-62-59-56-54-52-50-48-46-44-42-39-34-32-30-28-26-24-22-20-17-14-11-8-5-2/h7,10,16,19,22-25,28-31,35-36,38,40,43,45,49,51,71H,4-6,8-9,11-15,17-18,20-21,26-27,32-34,37,39,41-42,44,46-48,50,52-70H2,1-3H3/b10-7-,19-16-,24-22-,25-23-,30-28-,31-29-,36-35-,40-38-,45-43-,51-49-. The Bertz CT molecular complexity index is 1650. The SMILES string of the molecule is CC/C=C\C/C=C\C/C=C\C/C=C\C/C=C\C/C=C\C/C=C\C/C=C\CCCCCCC(=O)OCC(COC(=O)CCCCCCCCCC)OC(=O)CCCCCCCCCCCCCCC/C=C\C/C=C\CCCCCCC. The third kappa shape index (κ3) is 64.6. The molecule has 456 valence electrons.